The van der Waals surface area contributed by atoms with Crippen molar-refractivity contribution in [1.29, 1.82) is 0 Å². The Morgan fingerprint density at radius 2 is 2.27 bits per heavy atom. The number of nitrogens with zero attached hydrogens (tertiary/aromatic N) is 2. The summed E-state index contributed by atoms with van der Waals surface area (Å²) in [5.41, 5.74) is 0.650. The van der Waals surface area contributed by atoms with Crippen molar-refractivity contribution in [2.75, 3.05) is 7.11 Å². The van der Waals surface area contributed by atoms with Crippen LogP contribution in [0.1, 0.15) is 0 Å². The van der Waals surface area contributed by atoms with Crippen LogP contribution in [0.25, 0.3) is 11.2 Å². The van der Waals surface area contributed by atoms with Gasteiger partial charge in [0, 0.05) is 6.07 Å². The molecule has 0 amide bonds. The zero-order valence-corrected chi connectivity index (χ0v) is 7.63. The SMILES string of the molecule is COc1nc2occc2nc1OC(=O)O. The highest BCUT2D eigenvalue weighted by Gasteiger charge is 2.15. The predicted octanol–water partition coefficient (Wildman–Crippen LogP) is 1.29. The van der Waals surface area contributed by atoms with E-state index in [-0.39, 0.29) is 17.5 Å². The predicted molar refractivity (Wildman–Crippen MR) is 47.0 cm³/mol. The van der Waals surface area contributed by atoms with Crippen molar-refractivity contribution in [2.24, 2.45) is 0 Å². The van der Waals surface area contributed by atoms with Crippen molar-refractivity contribution in [3.05, 3.63) is 12.3 Å². The van der Waals surface area contributed by atoms with Gasteiger partial charge in [-0.25, -0.2) is 9.78 Å². The van der Waals surface area contributed by atoms with Crippen molar-refractivity contribution in [1.82, 2.24) is 9.97 Å². The molecule has 0 aliphatic rings. The minimum Gasteiger partial charge on any atom is -0.477 e. The lowest BCUT2D eigenvalue weighted by Gasteiger charge is -2.03. The van der Waals surface area contributed by atoms with Gasteiger partial charge < -0.3 is 19.0 Å². The molecule has 1 N–H and O–H groups in total. The number of rotatable bonds is 2. The highest BCUT2D eigenvalue weighted by molar-refractivity contribution is 5.71. The molecule has 78 valence electrons. The average Bonchev–Trinajstić information content (AvgIpc) is 2.62. The van der Waals surface area contributed by atoms with E-state index in [1.165, 1.54) is 19.4 Å². The monoisotopic (exact) mass is 210 g/mol. The van der Waals surface area contributed by atoms with Gasteiger partial charge in [-0.1, -0.05) is 0 Å². The lowest BCUT2D eigenvalue weighted by atomic mass is 10.5. The Labute approximate surface area is 83.3 Å². The number of furan rings is 1. The molecule has 7 heteroatoms. The molecule has 2 aromatic rings. The van der Waals surface area contributed by atoms with Crippen LogP contribution in [0.3, 0.4) is 0 Å². The number of carbonyl (C=O) groups is 1. The van der Waals surface area contributed by atoms with Gasteiger partial charge in [-0.3, -0.25) is 0 Å². The lowest BCUT2D eigenvalue weighted by Crippen LogP contribution is -2.06. The van der Waals surface area contributed by atoms with Gasteiger partial charge in [0.15, 0.2) is 0 Å². The van der Waals surface area contributed by atoms with Crippen LogP contribution < -0.4 is 9.47 Å². The minimum atomic E-state index is -1.48. The topological polar surface area (TPSA) is 94.7 Å². The van der Waals surface area contributed by atoms with Crippen molar-refractivity contribution >= 4 is 17.4 Å². The first-order valence-electron chi connectivity index (χ1n) is 3.90. The molecule has 0 aliphatic heterocycles. The van der Waals surface area contributed by atoms with Gasteiger partial charge in [-0.15, -0.1) is 0 Å². The molecule has 0 radical (unpaired) electrons. The van der Waals surface area contributed by atoms with Crippen molar-refractivity contribution in [3.8, 4) is 11.8 Å². The van der Waals surface area contributed by atoms with Gasteiger partial charge in [-0.05, 0) is 0 Å². The third-order valence-corrected chi connectivity index (χ3v) is 1.61. The van der Waals surface area contributed by atoms with Crippen molar-refractivity contribution in [2.45, 2.75) is 0 Å². The molecule has 7 nitrogen and oxygen atoms in total. The Bertz CT molecular complexity index is 507. The summed E-state index contributed by atoms with van der Waals surface area (Å²) in [7, 11) is 1.33. The summed E-state index contributed by atoms with van der Waals surface area (Å²) in [4.78, 5) is 18.1. The van der Waals surface area contributed by atoms with Crippen LogP contribution >= 0.6 is 0 Å². The molecule has 0 saturated carbocycles. The quantitative estimate of drug-likeness (QED) is 0.746. The molecule has 0 fully saturated rings. The molecule has 0 atom stereocenters. The van der Waals surface area contributed by atoms with E-state index in [0.717, 1.165) is 0 Å². The number of hydrogen-bond donors (Lipinski definition) is 1. The largest absolute Gasteiger partial charge is 0.512 e. The van der Waals surface area contributed by atoms with Crippen molar-refractivity contribution < 1.29 is 23.8 Å². The van der Waals surface area contributed by atoms with E-state index < -0.39 is 6.16 Å². The summed E-state index contributed by atoms with van der Waals surface area (Å²) in [6.07, 6.45) is -0.0975. The lowest BCUT2D eigenvalue weighted by molar-refractivity contribution is 0.140. The number of carboxylic acid groups (broad SMARTS) is 1. The van der Waals surface area contributed by atoms with E-state index in [4.69, 9.17) is 14.3 Å². The second-order valence-corrected chi connectivity index (χ2v) is 2.52. The van der Waals surface area contributed by atoms with E-state index in [9.17, 15) is 4.79 Å². The Balaban J connectivity index is 2.54. The summed E-state index contributed by atoms with van der Waals surface area (Å²) >= 11 is 0. The summed E-state index contributed by atoms with van der Waals surface area (Å²) < 4.78 is 14.2. The number of aromatic nitrogens is 2. The van der Waals surface area contributed by atoms with Gasteiger partial charge in [0.05, 0.1) is 13.4 Å². The normalized spacial score (nSPS) is 10.2. The standard InChI is InChI=1S/C8H6N2O5/c1-13-6-7(15-8(11)12)9-4-2-3-14-5(4)10-6/h2-3H,1H3,(H,11,12). The molecular weight excluding hydrogens is 204 g/mol. The third-order valence-electron chi connectivity index (χ3n) is 1.61. The molecule has 0 unspecified atom stereocenters. The maximum Gasteiger partial charge on any atom is 0.512 e. The maximum atomic E-state index is 10.3. The van der Waals surface area contributed by atoms with Crippen LogP contribution in [0, 0.1) is 0 Å². The highest BCUT2D eigenvalue weighted by atomic mass is 16.7. The fourth-order valence-electron chi connectivity index (χ4n) is 1.04. The van der Waals surface area contributed by atoms with Gasteiger partial charge >= 0.3 is 6.16 Å². The minimum absolute atomic E-state index is 0.0418. The second kappa shape index (κ2) is 3.45. The van der Waals surface area contributed by atoms with E-state index in [0.29, 0.717) is 5.52 Å². The van der Waals surface area contributed by atoms with E-state index >= 15 is 0 Å². The Kier molecular flexibility index (Phi) is 2.13. The Morgan fingerprint density at radius 3 is 2.93 bits per heavy atom. The molecule has 15 heavy (non-hydrogen) atoms. The third kappa shape index (κ3) is 1.66. The van der Waals surface area contributed by atoms with Crippen molar-refractivity contribution in [3.63, 3.8) is 0 Å². The first kappa shape index (κ1) is 9.25. The molecular formula is C8H6N2O5. The van der Waals surface area contributed by atoms with Gasteiger partial charge in [0.25, 0.3) is 11.8 Å². The average molecular weight is 210 g/mol. The van der Waals surface area contributed by atoms with Crippen LogP contribution in [-0.4, -0.2) is 28.3 Å². The second-order valence-electron chi connectivity index (χ2n) is 2.52. The smallest absolute Gasteiger partial charge is 0.477 e. The van der Waals surface area contributed by atoms with E-state index in [1.54, 1.807) is 0 Å². The van der Waals surface area contributed by atoms with Crippen LogP contribution in [-0.2, 0) is 0 Å². The zero-order chi connectivity index (χ0) is 10.8. The Hall–Kier alpha value is -2.31. The molecule has 0 spiro atoms. The van der Waals surface area contributed by atoms with E-state index in [1.807, 2.05) is 0 Å². The first-order valence-corrected chi connectivity index (χ1v) is 3.90. The Morgan fingerprint density at radius 1 is 1.47 bits per heavy atom. The fourth-order valence-corrected chi connectivity index (χ4v) is 1.04. The number of fused-ring (bicyclic) bond motifs is 1. The summed E-state index contributed by atoms with van der Waals surface area (Å²) in [6, 6.07) is 1.54. The van der Waals surface area contributed by atoms with Gasteiger partial charge in [0.2, 0.25) is 5.71 Å². The summed E-state index contributed by atoms with van der Waals surface area (Å²) in [6.45, 7) is 0. The van der Waals surface area contributed by atoms with Gasteiger partial charge in [-0.2, -0.15) is 4.98 Å². The van der Waals surface area contributed by atoms with Crippen LogP contribution in [0.2, 0.25) is 0 Å². The number of hydrogen-bond acceptors (Lipinski definition) is 6. The summed E-state index contributed by atoms with van der Waals surface area (Å²) in [5.74, 6) is -0.251. The molecule has 2 heterocycles. The van der Waals surface area contributed by atoms with Crippen LogP contribution in [0.5, 0.6) is 11.8 Å². The highest BCUT2D eigenvalue weighted by Crippen LogP contribution is 2.25. The fraction of sp³-hybridized carbons (Fsp3) is 0.125. The molecule has 2 aromatic heterocycles. The van der Waals surface area contributed by atoms with Gasteiger partial charge in [0.1, 0.15) is 5.52 Å². The van der Waals surface area contributed by atoms with E-state index in [2.05, 4.69) is 14.7 Å². The van der Waals surface area contributed by atoms with Crippen LogP contribution in [0.4, 0.5) is 4.79 Å². The molecule has 0 bridgehead atoms. The number of methoxy groups -OCH3 is 1. The maximum absolute atomic E-state index is 10.3. The molecule has 0 saturated heterocycles. The van der Waals surface area contributed by atoms with Crippen LogP contribution in [0.15, 0.2) is 16.7 Å². The zero-order valence-electron chi connectivity index (χ0n) is 7.63. The summed E-state index contributed by atoms with van der Waals surface area (Å²) in [5, 5.41) is 8.44. The first-order chi connectivity index (χ1) is 7.20. The molecule has 0 aliphatic carbocycles. The number of ether oxygens (including phenoxy) is 2. The molecule has 0 aromatic carbocycles. The molecule has 2 rings (SSSR count).